The van der Waals surface area contributed by atoms with E-state index in [1.54, 1.807) is 25.4 Å². The van der Waals surface area contributed by atoms with Gasteiger partial charge in [-0.05, 0) is 97.5 Å². The number of aromatic nitrogens is 1. The minimum atomic E-state index is -0.888. The van der Waals surface area contributed by atoms with Crippen molar-refractivity contribution in [3.8, 4) is 0 Å². The smallest absolute Gasteiger partial charge is 0.336 e. The van der Waals surface area contributed by atoms with Gasteiger partial charge in [0.05, 0.1) is 11.7 Å². The highest BCUT2D eigenvalue weighted by molar-refractivity contribution is 5.89. The molecule has 0 spiro atoms. The first-order chi connectivity index (χ1) is 15.4. The molecular weight excluding hydrogens is 400 g/mol. The lowest BCUT2D eigenvalue weighted by molar-refractivity contribution is 0.0695. The van der Waals surface area contributed by atoms with Crippen molar-refractivity contribution in [3.63, 3.8) is 0 Å². The van der Waals surface area contributed by atoms with E-state index in [9.17, 15) is 15.0 Å². The molecule has 0 radical (unpaired) electrons. The predicted octanol–water partition coefficient (Wildman–Crippen LogP) is 5.65. The molecule has 0 saturated carbocycles. The third-order valence-electron chi connectivity index (χ3n) is 6.61. The summed E-state index contributed by atoms with van der Waals surface area (Å²) in [5, 5.41) is 19.2. The second-order valence-electron chi connectivity index (χ2n) is 8.68. The van der Waals surface area contributed by atoms with Crippen LogP contribution >= 0.6 is 0 Å². The van der Waals surface area contributed by atoms with Gasteiger partial charge in [0.25, 0.3) is 0 Å². The van der Waals surface area contributed by atoms with Crippen LogP contribution in [0.4, 0.5) is 11.4 Å². The van der Waals surface area contributed by atoms with Gasteiger partial charge in [-0.25, -0.2) is 4.79 Å². The lowest BCUT2D eigenvalue weighted by atomic mass is 9.79. The Morgan fingerprint density at radius 3 is 2.62 bits per heavy atom. The Bertz CT molecular complexity index is 1090. The summed E-state index contributed by atoms with van der Waals surface area (Å²) in [7, 11) is 2.06. The summed E-state index contributed by atoms with van der Waals surface area (Å²) >= 11 is 0. The molecule has 0 fully saturated rings. The molecule has 1 unspecified atom stereocenters. The number of aryl methyl sites for hydroxylation is 2. The standard InChI is InChI=1S/C27H30N2O3/c1-18(30)19-8-10-23(11-9-19)29(2)24-12-13-25-20(4-3-5-21(25)16-24)6-7-22-17-28-15-14-26(22)27(31)32/h8-18,20,30H,3-7H2,1-2H3,(H,31,32)/t18-,20?/m1/s1. The minimum absolute atomic E-state index is 0.356. The van der Waals surface area contributed by atoms with Gasteiger partial charge in [0.1, 0.15) is 0 Å². The van der Waals surface area contributed by atoms with Gasteiger partial charge < -0.3 is 15.1 Å². The Morgan fingerprint density at radius 1 is 1.16 bits per heavy atom. The van der Waals surface area contributed by atoms with Crippen LogP contribution in [0.1, 0.15) is 70.8 Å². The second kappa shape index (κ2) is 9.53. The summed E-state index contributed by atoms with van der Waals surface area (Å²) < 4.78 is 0. The molecule has 2 aromatic carbocycles. The highest BCUT2D eigenvalue weighted by Gasteiger charge is 2.22. The van der Waals surface area contributed by atoms with Crippen molar-refractivity contribution in [2.45, 2.75) is 51.0 Å². The molecule has 166 valence electrons. The van der Waals surface area contributed by atoms with Crippen LogP contribution < -0.4 is 4.90 Å². The van der Waals surface area contributed by atoms with Crippen molar-refractivity contribution in [2.75, 3.05) is 11.9 Å². The van der Waals surface area contributed by atoms with Crippen molar-refractivity contribution >= 4 is 17.3 Å². The molecule has 0 saturated heterocycles. The number of nitrogens with zero attached hydrogens (tertiary/aromatic N) is 2. The molecule has 4 rings (SSSR count). The van der Waals surface area contributed by atoms with E-state index in [2.05, 4.69) is 35.1 Å². The second-order valence-corrected chi connectivity index (χ2v) is 8.68. The first kappa shape index (κ1) is 22.0. The van der Waals surface area contributed by atoms with Gasteiger partial charge in [-0.2, -0.15) is 0 Å². The molecule has 3 aromatic rings. The molecule has 1 heterocycles. The average Bonchev–Trinajstić information content (AvgIpc) is 2.82. The summed E-state index contributed by atoms with van der Waals surface area (Å²) in [6.07, 6.45) is 7.76. The Hall–Kier alpha value is -3.18. The summed E-state index contributed by atoms with van der Waals surface area (Å²) in [6, 6.07) is 16.3. The van der Waals surface area contributed by atoms with Crippen molar-refractivity contribution in [3.05, 3.63) is 88.7 Å². The van der Waals surface area contributed by atoms with Gasteiger partial charge in [-0.3, -0.25) is 4.98 Å². The van der Waals surface area contributed by atoms with Crippen molar-refractivity contribution in [1.82, 2.24) is 4.98 Å². The van der Waals surface area contributed by atoms with Crippen LogP contribution in [0.5, 0.6) is 0 Å². The van der Waals surface area contributed by atoms with Crippen LogP contribution in [-0.2, 0) is 12.8 Å². The fourth-order valence-corrected chi connectivity index (χ4v) is 4.70. The predicted molar refractivity (Wildman–Crippen MR) is 127 cm³/mol. The number of carbonyl (C=O) groups is 1. The molecule has 5 heteroatoms. The summed E-state index contributed by atoms with van der Waals surface area (Å²) in [6.45, 7) is 1.77. The monoisotopic (exact) mass is 430 g/mol. The number of carboxylic acids is 1. The SMILES string of the molecule is C[C@@H](O)c1ccc(N(C)c2ccc3c(c2)CCCC3CCc2cnccc2C(=O)O)cc1. The molecule has 2 atom stereocenters. The Balaban J connectivity index is 1.51. The van der Waals surface area contributed by atoms with E-state index >= 15 is 0 Å². The maximum atomic E-state index is 11.5. The van der Waals surface area contributed by atoms with Crippen LogP contribution in [0.25, 0.3) is 0 Å². The van der Waals surface area contributed by atoms with E-state index in [4.69, 9.17) is 0 Å². The van der Waals surface area contributed by atoms with Gasteiger partial charge in [0, 0.05) is 30.8 Å². The average molecular weight is 431 g/mol. The van der Waals surface area contributed by atoms with Gasteiger partial charge in [-0.1, -0.05) is 18.2 Å². The van der Waals surface area contributed by atoms with Crippen LogP contribution in [-0.4, -0.2) is 28.2 Å². The van der Waals surface area contributed by atoms with Crippen LogP contribution in [0, 0.1) is 0 Å². The number of anilines is 2. The minimum Gasteiger partial charge on any atom is -0.478 e. The van der Waals surface area contributed by atoms with Crippen molar-refractivity contribution in [2.24, 2.45) is 0 Å². The van der Waals surface area contributed by atoms with E-state index in [1.165, 1.54) is 11.1 Å². The number of aromatic carboxylic acids is 1. The zero-order valence-corrected chi connectivity index (χ0v) is 18.7. The first-order valence-corrected chi connectivity index (χ1v) is 11.2. The van der Waals surface area contributed by atoms with Gasteiger partial charge in [-0.15, -0.1) is 0 Å². The molecular formula is C27H30N2O3. The normalized spacial score (nSPS) is 16.3. The topological polar surface area (TPSA) is 73.7 Å². The third kappa shape index (κ3) is 4.68. The zero-order chi connectivity index (χ0) is 22.7. The molecule has 2 N–H and O–H groups in total. The Morgan fingerprint density at radius 2 is 1.91 bits per heavy atom. The number of aliphatic hydroxyl groups is 1. The largest absolute Gasteiger partial charge is 0.478 e. The molecule has 5 nitrogen and oxygen atoms in total. The summed E-state index contributed by atoms with van der Waals surface area (Å²) in [4.78, 5) is 17.8. The van der Waals surface area contributed by atoms with Crippen LogP contribution in [0.2, 0.25) is 0 Å². The van der Waals surface area contributed by atoms with Gasteiger partial charge in [0.15, 0.2) is 0 Å². The van der Waals surface area contributed by atoms with E-state index in [-0.39, 0.29) is 0 Å². The van der Waals surface area contributed by atoms with E-state index in [0.29, 0.717) is 11.5 Å². The number of fused-ring (bicyclic) bond motifs is 1. The summed E-state index contributed by atoms with van der Waals surface area (Å²) in [5.41, 5.74) is 7.08. The number of pyridine rings is 1. The quantitative estimate of drug-likeness (QED) is 0.506. The number of hydrogen-bond acceptors (Lipinski definition) is 4. The van der Waals surface area contributed by atoms with Crippen LogP contribution in [0.15, 0.2) is 60.9 Å². The third-order valence-corrected chi connectivity index (χ3v) is 6.61. The molecule has 1 aliphatic carbocycles. The van der Waals surface area contributed by atoms with E-state index in [1.807, 2.05) is 24.3 Å². The molecule has 32 heavy (non-hydrogen) atoms. The molecule has 0 aliphatic heterocycles. The van der Waals surface area contributed by atoms with Crippen molar-refractivity contribution < 1.29 is 15.0 Å². The summed E-state index contributed by atoms with van der Waals surface area (Å²) in [5.74, 6) is -0.453. The highest BCUT2D eigenvalue weighted by Crippen LogP contribution is 2.38. The number of aliphatic hydroxyl groups excluding tert-OH is 1. The fourth-order valence-electron chi connectivity index (χ4n) is 4.70. The maximum Gasteiger partial charge on any atom is 0.336 e. The Kier molecular flexibility index (Phi) is 6.56. The first-order valence-electron chi connectivity index (χ1n) is 11.2. The number of carboxylic acid groups (broad SMARTS) is 1. The number of hydrogen-bond donors (Lipinski definition) is 2. The van der Waals surface area contributed by atoms with Gasteiger partial charge >= 0.3 is 5.97 Å². The molecule has 1 aromatic heterocycles. The molecule has 0 amide bonds. The fraction of sp³-hybridized carbons (Fsp3) is 0.333. The zero-order valence-electron chi connectivity index (χ0n) is 18.7. The van der Waals surface area contributed by atoms with E-state index < -0.39 is 12.1 Å². The number of benzene rings is 2. The highest BCUT2D eigenvalue weighted by atomic mass is 16.4. The lowest BCUT2D eigenvalue weighted by Crippen LogP contribution is -2.14. The van der Waals surface area contributed by atoms with Gasteiger partial charge in [0.2, 0.25) is 0 Å². The Labute approximate surface area is 189 Å². The molecule has 1 aliphatic rings. The van der Waals surface area contributed by atoms with E-state index in [0.717, 1.165) is 54.6 Å². The number of rotatable bonds is 7. The van der Waals surface area contributed by atoms with Crippen LogP contribution in [0.3, 0.4) is 0 Å². The molecule has 0 bridgehead atoms. The maximum absolute atomic E-state index is 11.5. The lowest BCUT2D eigenvalue weighted by Gasteiger charge is -2.28. The van der Waals surface area contributed by atoms with Crippen molar-refractivity contribution in [1.29, 1.82) is 0 Å².